The van der Waals surface area contributed by atoms with E-state index in [9.17, 15) is 14.4 Å². The summed E-state index contributed by atoms with van der Waals surface area (Å²) < 4.78 is 5.75. The van der Waals surface area contributed by atoms with Gasteiger partial charge in [0.25, 0.3) is 11.8 Å². The van der Waals surface area contributed by atoms with Crippen molar-refractivity contribution in [2.75, 3.05) is 4.90 Å². The minimum atomic E-state index is -0.783. The molecule has 3 aromatic carbocycles. The number of hydrogen-bond donors (Lipinski definition) is 1. The molecule has 0 unspecified atom stereocenters. The molecular weight excluding hydrogens is 392 g/mol. The van der Waals surface area contributed by atoms with Crippen molar-refractivity contribution < 1.29 is 19.1 Å². The van der Waals surface area contributed by atoms with Gasteiger partial charge < -0.3 is 4.74 Å². The van der Waals surface area contributed by atoms with Gasteiger partial charge in [0, 0.05) is 0 Å². The third-order valence-electron chi connectivity index (χ3n) is 4.83. The van der Waals surface area contributed by atoms with E-state index in [1.165, 1.54) is 6.08 Å². The van der Waals surface area contributed by atoms with Crippen molar-refractivity contribution >= 4 is 29.6 Å². The number of barbiturate groups is 1. The topological polar surface area (TPSA) is 75.7 Å². The van der Waals surface area contributed by atoms with Gasteiger partial charge in [0.05, 0.1) is 5.69 Å². The molecule has 1 heterocycles. The van der Waals surface area contributed by atoms with Gasteiger partial charge in [0.15, 0.2) is 0 Å². The average Bonchev–Trinajstić information content (AvgIpc) is 2.78. The van der Waals surface area contributed by atoms with E-state index >= 15 is 0 Å². The molecule has 1 fully saturated rings. The maximum Gasteiger partial charge on any atom is 0.335 e. The molecular formula is C25H20N2O4. The van der Waals surface area contributed by atoms with Crippen molar-refractivity contribution in [3.8, 4) is 5.75 Å². The molecule has 31 heavy (non-hydrogen) atoms. The molecule has 1 N–H and O–H groups in total. The molecule has 0 radical (unpaired) electrons. The number of nitrogens with zero attached hydrogens (tertiary/aromatic N) is 1. The SMILES string of the molecule is Cc1ccc(/C=C2\C(=O)NC(=O)N(c3ccc(OCc4ccccc4)cc3)C2=O)cc1. The number of anilines is 1. The standard InChI is InChI=1S/C25H20N2O4/c1-17-7-9-18(10-8-17)15-22-23(28)26-25(30)27(24(22)29)20-11-13-21(14-12-20)31-16-19-5-3-2-4-6-19/h2-15H,16H2,1H3,(H,26,28,30)/b22-15+. The summed E-state index contributed by atoms with van der Waals surface area (Å²) in [6.07, 6.45) is 1.48. The second kappa shape index (κ2) is 8.67. The van der Waals surface area contributed by atoms with E-state index in [1.807, 2.05) is 61.5 Å². The normalized spacial score (nSPS) is 15.2. The monoisotopic (exact) mass is 412 g/mol. The number of urea groups is 1. The van der Waals surface area contributed by atoms with Gasteiger partial charge in [-0.3, -0.25) is 14.9 Å². The molecule has 4 rings (SSSR count). The Kier molecular flexibility index (Phi) is 5.62. The number of amides is 4. The third kappa shape index (κ3) is 4.53. The smallest absolute Gasteiger partial charge is 0.335 e. The number of carbonyl (C=O) groups is 3. The highest BCUT2D eigenvalue weighted by Gasteiger charge is 2.36. The van der Waals surface area contributed by atoms with Gasteiger partial charge in [0.2, 0.25) is 0 Å². The van der Waals surface area contributed by atoms with Crippen LogP contribution < -0.4 is 15.0 Å². The lowest BCUT2D eigenvalue weighted by Crippen LogP contribution is -2.54. The Balaban J connectivity index is 1.53. The Bertz CT molecular complexity index is 1150. The predicted octanol–water partition coefficient (Wildman–Crippen LogP) is 4.24. The molecule has 154 valence electrons. The lowest BCUT2D eigenvalue weighted by atomic mass is 10.1. The fraction of sp³-hybridized carbons (Fsp3) is 0.0800. The summed E-state index contributed by atoms with van der Waals surface area (Å²) in [6, 6.07) is 22.9. The van der Waals surface area contributed by atoms with Crippen molar-refractivity contribution in [1.82, 2.24) is 5.32 Å². The third-order valence-corrected chi connectivity index (χ3v) is 4.83. The summed E-state index contributed by atoms with van der Waals surface area (Å²) in [4.78, 5) is 38.5. The number of aryl methyl sites for hydroxylation is 1. The molecule has 1 aliphatic heterocycles. The van der Waals surface area contributed by atoms with E-state index in [-0.39, 0.29) is 5.57 Å². The van der Waals surface area contributed by atoms with Crippen LogP contribution in [0.2, 0.25) is 0 Å². The van der Waals surface area contributed by atoms with Crippen LogP contribution in [0.25, 0.3) is 6.08 Å². The number of hydrogen-bond acceptors (Lipinski definition) is 4. The van der Waals surface area contributed by atoms with Crippen molar-refractivity contribution in [2.24, 2.45) is 0 Å². The van der Waals surface area contributed by atoms with Crippen LogP contribution in [0.4, 0.5) is 10.5 Å². The van der Waals surface area contributed by atoms with Crippen LogP contribution in [0.3, 0.4) is 0 Å². The van der Waals surface area contributed by atoms with Crippen LogP contribution in [0.1, 0.15) is 16.7 Å². The minimum Gasteiger partial charge on any atom is -0.489 e. The van der Waals surface area contributed by atoms with Crippen molar-refractivity contribution in [3.05, 3.63) is 101 Å². The van der Waals surface area contributed by atoms with Crippen molar-refractivity contribution in [2.45, 2.75) is 13.5 Å². The molecule has 0 atom stereocenters. The molecule has 1 saturated heterocycles. The quantitative estimate of drug-likeness (QED) is 0.502. The van der Waals surface area contributed by atoms with Crippen LogP contribution in [0.15, 0.2) is 84.4 Å². The zero-order chi connectivity index (χ0) is 21.8. The Morgan fingerprint density at radius 1 is 0.871 bits per heavy atom. The van der Waals surface area contributed by atoms with E-state index in [1.54, 1.807) is 24.3 Å². The highest BCUT2D eigenvalue weighted by Crippen LogP contribution is 2.25. The molecule has 0 aromatic heterocycles. The number of nitrogens with one attached hydrogen (secondary N) is 1. The van der Waals surface area contributed by atoms with Crippen LogP contribution >= 0.6 is 0 Å². The molecule has 1 aliphatic rings. The fourth-order valence-electron chi connectivity index (χ4n) is 3.15. The zero-order valence-electron chi connectivity index (χ0n) is 16.9. The predicted molar refractivity (Wildman–Crippen MR) is 117 cm³/mol. The number of carbonyl (C=O) groups excluding carboxylic acids is 3. The van der Waals surface area contributed by atoms with E-state index in [4.69, 9.17) is 4.74 Å². The maximum absolute atomic E-state index is 13.0. The van der Waals surface area contributed by atoms with Gasteiger partial charge in [0.1, 0.15) is 17.9 Å². The van der Waals surface area contributed by atoms with Crippen LogP contribution in [-0.4, -0.2) is 17.8 Å². The lowest BCUT2D eigenvalue weighted by Gasteiger charge is -2.26. The highest BCUT2D eigenvalue weighted by molar-refractivity contribution is 6.39. The number of rotatable bonds is 5. The van der Waals surface area contributed by atoms with Gasteiger partial charge in [-0.15, -0.1) is 0 Å². The molecule has 4 amide bonds. The van der Waals surface area contributed by atoms with Gasteiger partial charge >= 0.3 is 6.03 Å². The van der Waals surface area contributed by atoms with Gasteiger partial charge in [-0.25, -0.2) is 9.69 Å². The summed E-state index contributed by atoms with van der Waals surface area (Å²) in [5.74, 6) is -0.786. The first-order valence-corrected chi connectivity index (χ1v) is 9.76. The van der Waals surface area contributed by atoms with Gasteiger partial charge in [-0.1, -0.05) is 60.2 Å². The zero-order valence-corrected chi connectivity index (χ0v) is 16.9. The van der Waals surface area contributed by atoms with E-state index < -0.39 is 17.8 Å². The largest absolute Gasteiger partial charge is 0.489 e. The van der Waals surface area contributed by atoms with Crippen molar-refractivity contribution in [3.63, 3.8) is 0 Å². The van der Waals surface area contributed by atoms with Crippen LogP contribution in [0, 0.1) is 6.92 Å². The number of benzene rings is 3. The Hall–Kier alpha value is -4.19. The molecule has 0 saturated carbocycles. The molecule has 6 nitrogen and oxygen atoms in total. The van der Waals surface area contributed by atoms with E-state index in [2.05, 4.69) is 5.32 Å². The molecule has 0 aliphatic carbocycles. The van der Waals surface area contributed by atoms with Crippen molar-refractivity contribution in [1.29, 1.82) is 0 Å². The lowest BCUT2D eigenvalue weighted by molar-refractivity contribution is -0.122. The molecule has 0 spiro atoms. The number of imide groups is 2. The van der Waals surface area contributed by atoms with Crippen LogP contribution in [0.5, 0.6) is 5.75 Å². The molecule has 3 aromatic rings. The Morgan fingerprint density at radius 3 is 2.23 bits per heavy atom. The molecule has 6 heteroatoms. The van der Waals surface area contributed by atoms with Gasteiger partial charge in [-0.05, 0) is 48.4 Å². The fourth-order valence-corrected chi connectivity index (χ4v) is 3.15. The average molecular weight is 412 g/mol. The second-order valence-corrected chi connectivity index (χ2v) is 7.14. The number of ether oxygens (including phenoxy) is 1. The first kappa shape index (κ1) is 20.1. The Morgan fingerprint density at radius 2 is 1.55 bits per heavy atom. The molecule has 0 bridgehead atoms. The highest BCUT2D eigenvalue weighted by atomic mass is 16.5. The second-order valence-electron chi connectivity index (χ2n) is 7.14. The van der Waals surface area contributed by atoms with E-state index in [0.717, 1.165) is 16.0 Å². The maximum atomic E-state index is 13.0. The summed E-state index contributed by atoms with van der Waals surface area (Å²) >= 11 is 0. The first-order chi connectivity index (χ1) is 15.0. The summed E-state index contributed by atoms with van der Waals surface area (Å²) in [6.45, 7) is 2.35. The van der Waals surface area contributed by atoms with Gasteiger partial charge in [-0.2, -0.15) is 0 Å². The minimum absolute atomic E-state index is 0.104. The summed E-state index contributed by atoms with van der Waals surface area (Å²) in [5, 5.41) is 2.23. The Labute approximate surface area is 179 Å². The van der Waals surface area contributed by atoms with E-state index in [0.29, 0.717) is 23.6 Å². The summed E-state index contributed by atoms with van der Waals surface area (Å²) in [5.41, 5.74) is 3.03. The summed E-state index contributed by atoms with van der Waals surface area (Å²) in [7, 11) is 0. The first-order valence-electron chi connectivity index (χ1n) is 9.76. The van der Waals surface area contributed by atoms with Crippen LogP contribution in [-0.2, 0) is 16.2 Å².